The summed E-state index contributed by atoms with van der Waals surface area (Å²) in [7, 11) is 0. The van der Waals surface area contributed by atoms with E-state index in [-0.39, 0.29) is 39.5 Å². The van der Waals surface area contributed by atoms with Crippen molar-refractivity contribution in [2.24, 2.45) is 0 Å². The van der Waals surface area contributed by atoms with Gasteiger partial charge in [-0.1, -0.05) is 0 Å². The van der Waals surface area contributed by atoms with Crippen LogP contribution in [-0.4, -0.2) is 73.3 Å². The van der Waals surface area contributed by atoms with Gasteiger partial charge in [0.15, 0.2) is 5.01 Å². The lowest BCUT2D eigenvalue weighted by Gasteiger charge is -2.24. The zero-order chi connectivity index (χ0) is 28.6. The molecule has 1 fully saturated rings. The third-order valence-electron chi connectivity index (χ3n) is 6.07. The van der Waals surface area contributed by atoms with Crippen molar-refractivity contribution in [1.29, 1.82) is 0 Å². The predicted octanol–water partition coefficient (Wildman–Crippen LogP) is 3.92. The molecule has 2 aromatic rings. The summed E-state index contributed by atoms with van der Waals surface area (Å²) in [4.78, 5) is 36.0. The molecule has 0 unspecified atom stereocenters. The number of amides is 2. The number of pyridine rings is 1. The zero-order valence-electron chi connectivity index (χ0n) is 22.2. The molecule has 2 amide bonds. The highest BCUT2D eigenvalue weighted by molar-refractivity contribution is 7.17. The van der Waals surface area contributed by atoms with E-state index in [2.05, 4.69) is 20.6 Å². The highest BCUT2D eigenvalue weighted by Crippen LogP contribution is 2.42. The van der Waals surface area contributed by atoms with Crippen molar-refractivity contribution in [2.75, 3.05) is 18.4 Å². The minimum absolute atomic E-state index is 0.0118. The number of rotatable bonds is 7. The summed E-state index contributed by atoms with van der Waals surface area (Å²) in [5.74, 6) is -1.35. The first kappa shape index (κ1) is 29.8. The van der Waals surface area contributed by atoms with Crippen LogP contribution in [0, 0.1) is 0 Å². The first-order valence-corrected chi connectivity index (χ1v) is 13.1. The topological polar surface area (TPSA) is 128 Å². The molecule has 38 heavy (non-hydrogen) atoms. The minimum Gasteiger partial charge on any atom is -0.388 e. The van der Waals surface area contributed by atoms with E-state index in [0.29, 0.717) is 17.9 Å². The number of likely N-dealkylation sites (tertiary alicyclic amines) is 1. The van der Waals surface area contributed by atoms with Crippen LogP contribution in [-0.2, 0) is 6.18 Å². The number of aliphatic hydroxyl groups excluding tert-OH is 1. The van der Waals surface area contributed by atoms with E-state index < -0.39 is 40.8 Å². The summed E-state index contributed by atoms with van der Waals surface area (Å²) in [6.07, 6.45) is -3.56. The molecule has 13 heteroatoms. The smallest absolute Gasteiger partial charge is 0.388 e. The molecule has 0 spiro atoms. The van der Waals surface area contributed by atoms with Gasteiger partial charge in [0.25, 0.3) is 11.8 Å². The van der Waals surface area contributed by atoms with Crippen molar-refractivity contribution in [1.82, 2.24) is 20.2 Å². The maximum Gasteiger partial charge on any atom is 0.417 e. The number of hydrogen-bond donors (Lipinski definition) is 4. The molecule has 0 aliphatic carbocycles. The second-order valence-electron chi connectivity index (χ2n) is 11.1. The fraction of sp³-hybridized carbons (Fsp3) is 0.600. The van der Waals surface area contributed by atoms with Gasteiger partial charge in [0.1, 0.15) is 11.5 Å². The Kier molecular flexibility index (Phi) is 8.44. The van der Waals surface area contributed by atoms with Crippen LogP contribution in [0.25, 0.3) is 10.4 Å². The third kappa shape index (κ3) is 7.00. The fourth-order valence-corrected chi connectivity index (χ4v) is 4.95. The normalized spacial score (nSPS) is 17.4. The van der Waals surface area contributed by atoms with Gasteiger partial charge in [0.05, 0.1) is 22.1 Å². The van der Waals surface area contributed by atoms with Crippen molar-refractivity contribution in [3.8, 4) is 10.4 Å². The van der Waals surface area contributed by atoms with Crippen LogP contribution in [0.2, 0.25) is 0 Å². The fourth-order valence-electron chi connectivity index (χ4n) is 3.95. The first-order chi connectivity index (χ1) is 17.4. The number of nitrogens with zero attached hydrogens (tertiary/aromatic N) is 3. The van der Waals surface area contributed by atoms with Crippen molar-refractivity contribution >= 4 is 29.0 Å². The van der Waals surface area contributed by atoms with Crippen LogP contribution < -0.4 is 10.6 Å². The molecule has 0 saturated carbocycles. The molecule has 3 heterocycles. The van der Waals surface area contributed by atoms with E-state index in [1.807, 2.05) is 6.92 Å². The molecule has 0 radical (unpaired) electrons. The van der Waals surface area contributed by atoms with Crippen LogP contribution in [0.1, 0.15) is 80.2 Å². The Morgan fingerprint density at radius 1 is 1.24 bits per heavy atom. The number of halogens is 3. The van der Waals surface area contributed by atoms with Crippen LogP contribution in [0.4, 0.5) is 19.0 Å². The second kappa shape index (κ2) is 10.8. The van der Waals surface area contributed by atoms with E-state index in [1.165, 1.54) is 18.7 Å². The van der Waals surface area contributed by atoms with E-state index in [4.69, 9.17) is 0 Å². The summed E-state index contributed by atoms with van der Waals surface area (Å²) < 4.78 is 42.7. The molecule has 9 nitrogen and oxygen atoms in total. The number of anilines is 1. The second-order valence-corrected chi connectivity index (χ2v) is 12.1. The van der Waals surface area contributed by atoms with Gasteiger partial charge >= 0.3 is 6.18 Å². The van der Waals surface area contributed by atoms with E-state index in [0.717, 1.165) is 25.1 Å². The molecule has 3 rings (SSSR count). The number of alkyl halides is 3. The summed E-state index contributed by atoms with van der Waals surface area (Å²) >= 11 is 0.642. The molecule has 1 saturated heterocycles. The van der Waals surface area contributed by atoms with Crippen molar-refractivity contribution in [3.05, 3.63) is 28.5 Å². The van der Waals surface area contributed by atoms with Gasteiger partial charge in [0.2, 0.25) is 0 Å². The Bertz CT molecular complexity index is 1190. The highest BCUT2D eigenvalue weighted by atomic mass is 32.1. The molecule has 210 valence electrons. The zero-order valence-corrected chi connectivity index (χ0v) is 23.0. The Balaban J connectivity index is 2.10. The van der Waals surface area contributed by atoms with Crippen molar-refractivity contribution in [2.45, 2.75) is 83.8 Å². The Labute approximate surface area is 223 Å². The SMILES string of the molecule is C[C@H]1CCCN1C(=O)c1nc(C(=O)NC[C@@H](O)C(C)(C)O)sc1-c1cnc(NC(C)(C)C)cc1C(F)(F)F. The summed E-state index contributed by atoms with van der Waals surface area (Å²) in [5, 5.41) is 25.0. The average Bonchev–Trinajstić information content (AvgIpc) is 3.41. The number of aromatic nitrogens is 2. The number of nitrogens with one attached hydrogen (secondary N) is 2. The highest BCUT2D eigenvalue weighted by Gasteiger charge is 2.38. The Morgan fingerprint density at radius 3 is 2.42 bits per heavy atom. The number of carbonyl (C=O) groups is 2. The summed E-state index contributed by atoms with van der Waals surface area (Å²) in [6.45, 7) is 10.0. The quantitative estimate of drug-likeness (QED) is 0.406. The average molecular weight is 558 g/mol. The largest absolute Gasteiger partial charge is 0.417 e. The Morgan fingerprint density at radius 2 is 1.89 bits per heavy atom. The van der Waals surface area contributed by atoms with E-state index in [1.54, 1.807) is 20.8 Å². The number of carbonyl (C=O) groups excluding carboxylic acids is 2. The van der Waals surface area contributed by atoms with Crippen molar-refractivity contribution in [3.63, 3.8) is 0 Å². The van der Waals surface area contributed by atoms with Gasteiger partial charge in [-0.15, -0.1) is 11.3 Å². The van der Waals surface area contributed by atoms with Crippen LogP contribution in [0.5, 0.6) is 0 Å². The molecule has 0 bridgehead atoms. The standard InChI is InChI=1S/C25H34F3N5O4S/c1-13-8-7-9-33(13)22(36)18-19(38-21(31-18)20(35)30-12-16(34)24(5,6)37)14-11-29-17(32-23(2,3)4)10-15(14)25(26,27)28/h10-11,13,16,34,37H,7-9,12H2,1-6H3,(H,29,32)(H,30,35)/t13-,16+/m0/s1. The Hall–Kier alpha value is -2.77. The number of aliphatic hydroxyl groups is 2. The number of thiazole rings is 1. The monoisotopic (exact) mass is 557 g/mol. The molecule has 1 aliphatic rings. The molecule has 2 atom stereocenters. The van der Waals surface area contributed by atoms with Crippen LogP contribution in [0.15, 0.2) is 12.3 Å². The van der Waals surface area contributed by atoms with Crippen molar-refractivity contribution < 1.29 is 33.0 Å². The molecule has 4 N–H and O–H groups in total. The lowest BCUT2D eigenvalue weighted by molar-refractivity contribution is -0.137. The maximum absolute atomic E-state index is 14.2. The minimum atomic E-state index is -4.78. The molecular weight excluding hydrogens is 523 g/mol. The van der Waals surface area contributed by atoms with Crippen LogP contribution >= 0.6 is 11.3 Å². The predicted molar refractivity (Wildman–Crippen MR) is 138 cm³/mol. The van der Waals surface area contributed by atoms with Gasteiger partial charge in [-0.3, -0.25) is 9.59 Å². The molecular formula is C25H34F3N5O4S. The molecule has 1 aliphatic heterocycles. The number of hydrogen-bond acceptors (Lipinski definition) is 8. The van der Waals surface area contributed by atoms with E-state index in [9.17, 15) is 33.0 Å². The lowest BCUT2D eigenvalue weighted by Crippen LogP contribution is -2.44. The third-order valence-corrected chi connectivity index (χ3v) is 7.15. The molecule has 0 aromatic carbocycles. The van der Waals surface area contributed by atoms with Gasteiger partial charge in [-0.25, -0.2) is 9.97 Å². The van der Waals surface area contributed by atoms with Gasteiger partial charge in [-0.2, -0.15) is 13.2 Å². The van der Waals surface area contributed by atoms with Gasteiger partial charge < -0.3 is 25.7 Å². The molecule has 2 aromatic heterocycles. The van der Waals surface area contributed by atoms with Gasteiger partial charge in [-0.05, 0) is 60.5 Å². The first-order valence-electron chi connectivity index (χ1n) is 12.2. The van der Waals surface area contributed by atoms with E-state index >= 15 is 0 Å². The lowest BCUT2D eigenvalue weighted by atomic mass is 10.0. The van der Waals surface area contributed by atoms with Crippen LogP contribution in [0.3, 0.4) is 0 Å². The van der Waals surface area contributed by atoms with Gasteiger partial charge in [0, 0.05) is 36.4 Å². The maximum atomic E-state index is 14.2. The summed E-state index contributed by atoms with van der Waals surface area (Å²) in [6, 6.07) is 0.752. The summed E-state index contributed by atoms with van der Waals surface area (Å²) in [5.41, 5.74) is -3.69.